The third-order valence-corrected chi connectivity index (χ3v) is 1.63. The highest BCUT2D eigenvalue weighted by Crippen LogP contribution is 1.91. The van der Waals surface area contributed by atoms with Crippen LogP contribution in [-0.4, -0.2) is 48.7 Å². The zero-order valence-electron chi connectivity index (χ0n) is 8.40. The number of rotatable bonds is 6. The Balaban J connectivity index is 4.10. The molecular formula is C9H15NO4. The molecule has 0 aliphatic rings. The summed E-state index contributed by atoms with van der Waals surface area (Å²) in [7, 11) is 1.55. The van der Waals surface area contributed by atoms with Crippen LogP contribution in [0.1, 0.15) is 6.92 Å². The van der Waals surface area contributed by atoms with E-state index in [4.69, 9.17) is 9.84 Å². The molecule has 14 heavy (non-hydrogen) atoms. The van der Waals surface area contributed by atoms with Gasteiger partial charge in [-0.15, -0.1) is 0 Å². The number of aliphatic carboxylic acids is 1. The quantitative estimate of drug-likeness (QED) is 0.620. The van der Waals surface area contributed by atoms with E-state index in [2.05, 4.69) is 0 Å². The Morgan fingerprint density at radius 1 is 1.43 bits per heavy atom. The summed E-state index contributed by atoms with van der Waals surface area (Å²) < 4.78 is 4.82. The van der Waals surface area contributed by atoms with Crippen LogP contribution < -0.4 is 0 Å². The van der Waals surface area contributed by atoms with Gasteiger partial charge in [-0.2, -0.15) is 0 Å². The number of hydrogen-bond donors (Lipinski definition) is 1. The van der Waals surface area contributed by atoms with E-state index in [1.807, 2.05) is 6.92 Å². The first-order valence-electron chi connectivity index (χ1n) is 4.30. The van der Waals surface area contributed by atoms with Crippen molar-refractivity contribution >= 4 is 11.9 Å². The maximum atomic E-state index is 11.3. The van der Waals surface area contributed by atoms with Crippen molar-refractivity contribution < 1.29 is 19.4 Å². The van der Waals surface area contributed by atoms with Gasteiger partial charge in [-0.25, -0.2) is 4.79 Å². The van der Waals surface area contributed by atoms with E-state index >= 15 is 0 Å². The lowest BCUT2D eigenvalue weighted by Gasteiger charge is -2.18. The van der Waals surface area contributed by atoms with Crippen LogP contribution in [0.15, 0.2) is 12.2 Å². The monoisotopic (exact) mass is 201 g/mol. The number of nitrogens with zero attached hydrogens (tertiary/aromatic N) is 1. The zero-order valence-corrected chi connectivity index (χ0v) is 8.40. The number of amides is 1. The topological polar surface area (TPSA) is 66.8 Å². The van der Waals surface area contributed by atoms with E-state index in [1.165, 1.54) is 4.90 Å². The van der Waals surface area contributed by atoms with Crippen molar-refractivity contribution in [1.29, 1.82) is 0 Å². The van der Waals surface area contributed by atoms with Crippen LogP contribution in [-0.2, 0) is 14.3 Å². The van der Waals surface area contributed by atoms with Gasteiger partial charge in [0.15, 0.2) is 0 Å². The van der Waals surface area contributed by atoms with Crippen molar-refractivity contribution in [1.82, 2.24) is 4.90 Å². The molecule has 0 fully saturated rings. The second-order valence-electron chi connectivity index (χ2n) is 2.58. The normalized spacial score (nSPS) is 10.4. The van der Waals surface area contributed by atoms with Crippen LogP contribution >= 0.6 is 0 Å². The molecule has 0 saturated heterocycles. The Kier molecular flexibility index (Phi) is 6.39. The number of methoxy groups -OCH3 is 1. The summed E-state index contributed by atoms with van der Waals surface area (Å²) in [6, 6.07) is 0. The Morgan fingerprint density at radius 3 is 2.50 bits per heavy atom. The van der Waals surface area contributed by atoms with E-state index in [0.29, 0.717) is 19.7 Å². The third-order valence-electron chi connectivity index (χ3n) is 1.63. The summed E-state index contributed by atoms with van der Waals surface area (Å²) in [5.74, 6) is -1.44. The molecule has 1 amide bonds. The number of carbonyl (C=O) groups is 2. The summed E-state index contributed by atoms with van der Waals surface area (Å²) in [6.07, 6.45) is 1.87. The number of likely N-dealkylation sites (N-methyl/N-ethyl adjacent to an activating group) is 1. The summed E-state index contributed by atoms with van der Waals surface area (Å²) >= 11 is 0. The van der Waals surface area contributed by atoms with E-state index in [-0.39, 0.29) is 5.91 Å². The molecule has 0 aliphatic carbocycles. The molecule has 0 atom stereocenters. The van der Waals surface area contributed by atoms with Crippen molar-refractivity contribution in [2.75, 3.05) is 26.8 Å². The second kappa shape index (κ2) is 7.08. The largest absolute Gasteiger partial charge is 0.478 e. The van der Waals surface area contributed by atoms with Crippen LogP contribution in [0.3, 0.4) is 0 Å². The minimum absolute atomic E-state index is 0.313. The van der Waals surface area contributed by atoms with Crippen molar-refractivity contribution in [2.24, 2.45) is 0 Å². The number of ether oxygens (including phenoxy) is 1. The smallest absolute Gasteiger partial charge is 0.328 e. The maximum Gasteiger partial charge on any atom is 0.328 e. The number of carbonyl (C=O) groups excluding carboxylic acids is 1. The molecule has 0 aromatic rings. The lowest BCUT2D eigenvalue weighted by Crippen LogP contribution is -2.32. The van der Waals surface area contributed by atoms with Gasteiger partial charge in [0.1, 0.15) is 0 Å². The van der Waals surface area contributed by atoms with Crippen molar-refractivity contribution in [2.45, 2.75) is 6.92 Å². The SMILES string of the molecule is CCN(CCOC)C(=O)C=CC(=O)O. The van der Waals surface area contributed by atoms with Gasteiger partial charge in [0, 0.05) is 32.4 Å². The van der Waals surface area contributed by atoms with E-state index in [0.717, 1.165) is 12.2 Å². The van der Waals surface area contributed by atoms with Gasteiger partial charge in [0.05, 0.1) is 6.61 Å². The fourth-order valence-corrected chi connectivity index (χ4v) is 0.874. The molecule has 0 rings (SSSR count). The molecule has 0 spiro atoms. The fraction of sp³-hybridized carbons (Fsp3) is 0.556. The molecule has 80 valence electrons. The van der Waals surface area contributed by atoms with Gasteiger partial charge >= 0.3 is 5.97 Å². The Hall–Kier alpha value is -1.36. The number of carboxylic acids is 1. The second-order valence-corrected chi connectivity index (χ2v) is 2.58. The Bertz CT molecular complexity index is 225. The molecule has 0 saturated carbocycles. The molecule has 5 heteroatoms. The highest BCUT2D eigenvalue weighted by Gasteiger charge is 2.07. The maximum absolute atomic E-state index is 11.3. The molecule has 0 aromatic carbocycles. The zero-order chi connectivity index (χ0) is 11.0. The molecule has 0 heterocycles. The first kappa shape index (κ1) is 12.6. The van der Waals surface area contributed by atoms with Crippen LogP contribution in [0.25, 0.3) is 0 Å². The van der Waals surface area contributed by atoms with Crippen LogP contribution in [0.5, 0.6) is 0 Å². The van der Waals surface area contributed by atoms with Crippen LogP contribution in [0, 0.1) is 0 Å². The molecule has 0 unspecified atom stereocenters. The third kappa shape index (κ3) is 5.31. The minimum Gasteiger partial charge on any atom is -0.478 e. The average molecular weight is 201 g/mol. The highest BCUT2D eigenvalue weighted by atomic mass is 16.5. The molecule has 0 bridgehead atoms. The Labute approximate surface area is 83.0 Å². The van der Waals surface area contributed by atoms with E-state index in [1.54, 1.807) is 7.11 Å². The molecule has 1 N–H and O–H groups in total. The van der Waals surface area contributed by atoms with Gasteiger partial charge in [-0.3, -0.25) is 4.79 Å². The average Bonchev–Trinajstić information content (AvgIpc) is 2.16. The molecule has 0 radical (unpaired) electrons. The fourth-order valence-electron chi connectivity index (χ4n) is 0.874. The van der Waals surface area contributed by atoms with Gasteiger partial charge in [-0.1, -0.05) is 0 Å². The van der Waals surface area contributed by atoms with Crippen LogP contribution in [0.4, 0.5) is 0 Å². The summed E-state index contributed by atoms with van der Waals surface area (Å²) in [4.78, 5) is 23.0. The van der Waals surface area contributed by atoms with E-state index in [9.17, 15) is 9.59 Å². The summed E-state index contributed by atoms with van der Waals surface area (Å²) in [5, 5.41) is 8.31. The summed E-state index contributed by atoms with van der Waals surface area (Å²) in [6.45, 7) is 3.27. The van der Waals surface area contributed by atoms with Crippen molar-refractivity contribution in [3.63, 3.8) is 0 Å². The van der Waals surface area contributed by atoms with Gasteiger partial charge in [0.2, 0.25) is 5.91 Å². The molecule has 0 aromatic heterocycles. The highest BCUT2D eigenvalue weighted by molar-refractivity contribution is 5.93. The van der Waals surface area contributed by atoms with E-state index < -0.39 is 5.97 Å². The predicted molar refractivity (Wildman–Crippen MR) is 50.9 cm³/mol. The van der Waals surface area contributed by atoms with Gasteiger partial charge < -0.3 is 14.7 Å². The van der Waals surface area contributed by atoms with Gasteiger partial charge in [-0.05, 0) is 6.92 Å². The molecular weight excluding hydrogens is 186 g/mol. The molecule has 0 aliphatic heterocycles. The predicted octanol–water partition coefficient (Wildman–Crippen LogP) is 0.122. The standard InChI is InChI=1S/C9H15NO4/c1-3-10(6-7-14-2)8(11)4-5-9(12)13/h4-5H,3,6-7H2,1-2H3,(H,12,13). The minimum atomic E-state index is -1.12. The van der Waals surface area contributed by atoms with Crippen LogP contribution in [0.2, 0.25) is 0 Å². The lowest BCUT2D eigenvalue weighted by atomic mass is 10.4. The molecule has 5 nitrogen and oxygen atoms in total. The summed E-state index contributed by atoms with van der Waals surface area (Å²) in [5.41, 5.74) is 0. The van der Waals surface area contributed by atoms with Crippen molar-refractivity contribution in [3.05, 3.63) is 12.2 Å². The number of hydrogen-bond acceptors (Lipinski definition) is 3. The first-order chi connectivity index (χ1) is 6.61. The number of carboxylic acid groups (broad SMARTS) is 1. The van der Waals surface area contributed by atoms with Crippen molar-refractivity contribution in [3.8, 4) is 0 Å². The van der Waals surface area contributed by atoms with Gasteiger partial charge in [0.25, 0.3) is 0 Å². The lowest BCUT2D eigenvalue weighted by molar-refractivity contribution is -0.132. The Morgan fingerprint density at radius 2 is 2.07 bits per heavy atom. The first-order valence-corrected chi connectivity index (χ1v) is 4.30.